The van der Waals surface area contributed by atoms with E-state index < -0.39 is 15.1 Å². The number of nitrogens with zero attached hydrogens (tertiary/aromatic N) is 1. The molecule has 1 aromatic rings. The molecule has 0 bridgehead atoms. The van der Waals surface area contributed by atoms with Crippen LogP contribution in [0.1, 0.15) is 32.3 Å². The van der Waals surface area contributed by atoms with Gasteiger partial charge in [-0.25, -0.2) is 8.42 Å². The fourth-order valence-corrected chi connectivity index (χ4v) is 5.31. The molecule has 6 heteroatoms. The van der Waals surface area contributed by atoms with Gasteiger partial charge in [-0.15, -0.1) is 0 Å². The van der Waals surface area contributed by atoms with E-state index in [0.717, 1.165) is 12.0 Å². The molecule has 1 unspecified atom stereocenters. The van der Waals surface area contributed by atoms with E-state index in [-0.39, 0.29) is 24.0 Å². The minimum Gasteiger partial charge on any atom is -0.341 e. The maximum Gasteiger partial charge on any atom is 0.227 e. The van der Waals surface area contributed by atoms with E-state index in [0.29, 0.717) is 24.5 Å². The van der Waals surface area contributed by atoms with E-state index in [1.54, 1.807) is 11.0 Å². The van der Waals surface area contributed by atoms with Gasteiger partial charge in [0.15, 0.2) is 9.84 Å². The number of halogens is 1. The van der Waals surface area contributed by atoms with Gasteiger partial charge in [-0.1, -0.05) is 43.6 Å². The van der Waals surface area contributed by atoms with Crippen LogP contribution in [-0.4, -0.2) is 43.3 Å². The van der Waals surface area contributed by atoms with Crippen molar-refractivity contribution < 1.29 is 13.2 Å². The quantitative estimate of drug-likeness (QED) is 0.814. The van der Waals surface area contributed by atoms with Gasteiger partial charge >= 0.3 is 0 Å². The molecule has 1 aromatic carbocycles. The lowest BCUT2D eigenvalue weighted by Crippen LogP contribution is -2.46. The standard InChI is InChI=1S/C17H24ClNO3S/c1-13(2)12-23(21,22)15-7-5-9-19(11-15)17(20)10-14-6-3-4-8-16(14)18/h3-4,6,8,13,15H,5,7,9-12H2,1-2H3. The van der Waals surface area contributed by atoms with Crippen LogP contribution in [0.3, 0.4) is 0 Å². The highest BCUT2D eigenvalue weighted by atomic mass is 35.5. The average molecular weight is 358 g/mol. The summed E-state index contributed by atoms with van der Waals surface area (Å²) in [4.78, 5) is 14.2. The molecule has 0 aliphatic carbocycles. The van der Waals surface area contributed by atoms with Crippen molar-refractivity contribution in [3.63, 3.8) is 0 Å². The summed E-state index contributed by atoms with van der Waals surface area (Å²) in [6.45, 7) is 4.73. The van der Waals surface area contributed by atoms with E-state index in [4.69, 9.17) is 11.6 Å². The van der Waals surface area contributed by atoms with Crippen LogP contribution in [-0.2, 0) is 21.1 Å². The molecule has 1 aliphatic heterocycles. The predicted molar refractivity (Wildman–Crippen MR) is 93.4 cm³/mol. The van der Waals surface area contributed by atoms with Crippen molar-refractivity contribution >= 4 is 27.3 Å². The first-order valence-corrected chi connectivity index (χ1v) is 10.1. The Morgan fingerprint density at radius 2 is 2.04 bits per heavy atom. The first-order chi connectivity index (χ1) is 10.8. The molecule has 1 fully saturated rings. The van der Waals surface area contributed by atoms with E-state index >= 15 is 0 Å². The van der Waals surface area contributed by atoms with E-state index in [1.807, 2.05) is 32.0 Å². The van der Waals surface area contributed by atoms with E-state index in [9.17, 15) is 13.2 Å². The number of hydrogen-bond acceptors (Lipinski definition) is 3. The summed E-state index contributed by atoms with van der Waals surface area (Å²) >= 11 is 6.10. The van der Waals surface area contributed by atoms with Crippen LogP contribution in [0.25, 0.3) is 0 Å². The minimum absolute atomic E-state index is 0.0532. The molecule has 0 spiro atoms. The molecular weight excluding hydrogens is 334 g/mol. The van der Waals surface area contributed by atoms with Gasteiger partial charge < -0.3 is 4.90 Å². The smallest absolute Gasteiger partial charge is 0.227 e. The predicted octanol–water partition coefficient (Wildman–Crippen LogP) is 2.94. The number of piperidine rings is 1. The van der Waals surface area contributed by atoms with Crippen molar-refractivity contribution in [3.05, 3.63) is 34.9 Å². The van der Waals surface area contributed by atoms with Gasteiger partial charge in [0.05, 0.1) is 17.4 Å². The Bertz CT molecular complexity index is 658. The Morgan fingerprint density at radius 1 is 1.35 bits per heavy atom. The molecule has 2 rings (SSSR count). The molecule has 1 aliphatic rings. The maximum atomic E-state index is 12.5. The summed E-state index contributed by atoms with van der Waals surface area (Å²) in [7, 11) is -3.15. The number of rotatable bonds is 5. The number of hydrogen-bond donors (Lipinski definition) is 0. The van der Waals surface area contributed by atoms with Crippen molar-refractivity contribution in [2.75, 3.05) is 18.8 Å². The molecule has 0 N–H and O–H groups in total. The Labute approximate surface area is 143 Å². The van der Waals surface area contributed by atoms with Gasteiger partial charge in [0.25, 0.3) is 0 Å². The molecule has 23 heavy (non-hydrogen) atoms. The largest absolute Gasteiger partial charge is 0.341 e. The number of sulfone groups is 1. The molecule has 4 nitrogen and oxygen atoms in total. The zero-order valence-electron chi connectivity index (χ0n) is 13.7. The zero-order valence-corrected chi connectivity index (χ0v) is 15.2. The topological polar surface area (TPSA) is 54.5 Å². The summed E-state index contributed by atoms with van der Waals surface area (Å²) < 4.78 is 24.8. The van der Waals surface area contributed by atoms with Crippen molar-refractivity contribution in [3.8, 4) is 0 Å². The van der Waals surface area contributed by atoms with Crippen LogP contribution in [0.15, 0.2) is 24.3 Å². The minimum atomic E-state index is -3.15. The number of carbonyl (C=O) groups is 1. The zero-order chi connectivity index (χ0) is 17.0. The van der Waals surface area contributed by atoms with E-state index in [1.165, 1.54) is 0 Å². The lowest BCUT2D eigenvalue weighted by Gasteiger charge is -2.33. The molecule has 0 saturated carbocycles. The maximum absolute atomic E-state index is 12.5. The van der Waals surface area contributed by atoms with Crippen LogP contribution in [0.5, 0.6) is 0 Å². The molecule has 1 amide bonds. The van der Waals surface area contributed by atoms with Crippen molar-refractivity contribution in [2.45, 2.75) is 38.4 Å². The number of amides is 1. The van der Waals surface area contributed by atoms with Gasteiger partial charge in [0.2, 0.25) is 5.91 Å². The van der Waals surface area contributed by atoms with Gasteiger partial charge in [-0.05, 0) is 30.4 Å². The Kier molecular flexibility index (Phi) is 6.09. The second-order valence-electron chi connectivity index (χ2n) is 6.60. The molecular formula is C17H24ClNO3S. The summed E-state index contributed by atoms with van der Waals surface area (Å²) in [5.74, 6) is 0.237. The normalized spacial score (nSPS) is 19.1. The Hall–Kier alpha value is -1.07. The van der Waals surface area contributed by atoms with E-state index in [2.05, 4.69) is 0 Å². The number of carbonyl (C=O) groups excluding carboxylic acids is 1. The van der Waals surface area contributed by atoms with Crippen LogP contribution in [0.2, 0.25) is 5.02 Å². The highest BCUT2D eigenvalue weighted by molar-refractivity contribution is 7.92. The number of likely N-dealkylation sites (tertiary alicyclic amines) is 1. The molecule has 1 saturated heterocycles. The third kappa shape index (κ3) is 4.95. The van der Waals surface area contributed by atoms with Crippen molar-refractivity contribution in [1.82, 2.24) is 4.90 Å². The van der Waals surface area contributed by atoms with Gasteiger partial charge in [0.1, 0.15) is 0 Å². The Balaban J connectivity index is 2.03. The van der Waals surface area contributed by atoms with Crippen molar-refractivity contribution in [1.29, 1.82) is 0 Å². The fourth-order valence-electron chi connectivity index (χ4n) is 2.98. The van der Waals surface area contributed by atoms with Crippen molar-refractivity contribution in [2.24, 2.45) is 5.92 Å². The summed E-state index contributed by atoms with van der Waals surface area (Å²) in [6.07, 6.45) is 1.60. The molecule has 1 atom stereocenters. The molecule has 1 heterocycles. The highest BCUT2D eigenvalue weighted by Gasteiger charge is 2.32. The first kappa shape index (κ1) is 18.3. The van der Waals surface area contributed by atoms with Crippen LogP contribution >= 0.6 is 11.6 Å². The molecule has 128 valence electrons. The van der Waals surface area contributed by atoms with Crippen LogP contribution in [0.4, 0.5) is 0 Å². The molecule has 0 radical (unpaired) electrons. The lowest BCUT2D eigenvalue weighted by atomic mass is 10.1. The monoisotopic (exact) mass is 357 g/mol. The number of benzene rings is 1. The van der Waals surface area contributed by atoms with Gasteiger partial charge in [-0.2, -0.15) is 0 Å². The first-order valence-electron chi connectivity index (χ1n) is 8.02. The Morgan fingerprint density at radius 3 is 2.70 bits per heavy atom. The third-order valence-corrected chi connectivity index (χ3v) is 7.00. The van der Waals surface area contributed by atoms with Crippen LogP contribution in [0, 0.1) is 5.92 Å². The summed E-state index contributed by atoms with van der Waals surface area (Å²) in [5, 5.41) is 0.135. The lowest BCUT2D eigenvalue weighted by molar-refractivity contribution is -0.131. The van der Waals surface area contributed by atoms with Gasteiger partial charge in [0, 0.05) is 18.1 Å². The second kappa shape index (κ2) is 7.67. The SMILES string of the molecule is CC(C)CS(=O)(=O)C1CCCN(C(=O)Cc2ccccc2Cl)C1. The molecule has 0 aromatic heterocycles. The van der Waals surface area contributed by atoms with Gasteiger partial charge in [-0.3, -0.25) is 4.79 Å². The fraction of sp³-hybridized carbons (Fsp3) is 0.588. The summed E-state index contributed by atoms with van der Waals surface area (Å²) in [5.41, 5.74) is 0.784. The average Bonchev–Trinajstić information content (AvgIpc) is 2.48. The second-order valence-corrected chi connectivity index (χ2v) is 9.33. The third-order valence-electron chi connectivity index (χ3n) is 4.10. The summed E-state index contributed by atoms with van der Waals surface area (Å²) in [6, 6.07) is 7.26. The highest BCUT2D eigenvalue weighted by Crippen LogP contribution is 2.22. The van der Waals surface area contributed by atoms with Crippen LogP contribution < -0.4 is 0 Å².